The van der Waals surface area contributed by atoms with Crippen LogP contribution in [0.1, 0.15) is 24.5 Å². The standard InChI is InChI=1S/C18H20N2O3S/c1-12-3-5-14(6-4-12)10-20-7-8-24-18(20)19-16(21)11-23-17(22)15-9-13(15)2/h3-8,13,15H,9-11H2,1-2H3/t13-,15-/m1/s1. The Hall–Kier alpha value is -2.21. The zero-order chi connectivity index (χ0) is 17.1. The number of thiazole rings is 1. The molecule has 0 spiro atoms. The first-order valence-corrected chi connectivity index (χ1v) is 8.84. The van der Waals surface area contributed by atoms with Gasteiger partial charge in [0.05, 0.1) is 5.92 Å². The number of aryl methyl sites for hydroxylation is 1. The van der Waals surface area contributed by atoms with Crippen LogP contribution in [0.4, 0.5) is 0 Å². The molecule has 1 aromatic carbocycles. The number of hydrogen-bond donors (Lipinski definition) is 0. The van der Waals surface area contributed by atoms with E-state index >= 15 is 0 Å². The Morgan fingerprint density at radius 3 is 2.71 bits per heavy atom. The number of aromatic nitrogens is 1. The van der Waals surface area contributed by atoms with Gasteiger partial charge in [-0.2, -0.15) is 4.99 Å². The van der Waals surface area contributed by atoms with Gasteiger partial charge in [-0.15, -0.1) is 11.3 Å². The van der Waals surface area contributed by atoms with Crippen LogP contribution >= 0.6 is 11.3 Å². The zero-order valence-electron chi connectivity index (χ0n) is 13.8. The van der Waals surface area contributed by atoms with Gasteiger partial charge in [-0.1, -0.05) is 36.8 Å². The largest absolute Gasteiger partial charge is 0.455 e. The fraction of sp³-hybridized carbons (Fsp3) is 0.389. The lowest BCUT2D eigenvalue weighted by Gasteiger charge is -2.04. The van der Waals surface area contributed by atoms with Gasteiger partial charge in [0, 0.05) is 18.1 Å². The molecule has 0 bridgehead atoms. The number of carbonyl (C=O) groups excluding carboxylic acids is 2. The highest BCUT2D eigenvalue weighted by Crippen LogP contribution is 2.38. The molecule has 0 saturated heterocycles. The summed E-state index contributed by atoms with van der Waals surface area (Å²) in [6.45, 7) is 4.40. The topological polar surface area (TPSA) is 60.7 Å². The van der Waals surface area contributed by atoms with Crippen molar-refractivity contribution in [2.75, 3.05) is 6.61 Å². The lowest BCUT2D eigenvalue weighted by molar-refractivity contribution is -0.149. The summed E-state index contributed by atoms with van der Waals surface area (Å²) in [4.78, 5) is 28.3. The summed E-state index contributed by atoms with van der Waals surface area (Å²) in [5.74, 6) is -0.383. The van der Waals surface area contributed by atoms with Gasteiger partial charge in [0.25, 0.3) is 5.91 Å². The molecule has 1 fully saturated rings. The highest BCUT2D eigenvalue weighted by Gasteiger charge is 2.40. The molecule has 2 aromatic rings. The van der Waals surface area contributed by atoms with E-state index in [0.717, 1.165) is 12.0 Å². The van der Waals surface area contributed by atoms with Gasteiger partial charge in [-0.3, -0.25) is 9.59 Å². The van der Waals surface area contributed by atoms with E-state index in [4.69, 9.17) is 4.74 Å². The van der Waals surface area contributed by atoms with Crippen LogP contribution in [-0.4, -0.2) is 23.1 Å². The van der Waals surface area contributed by atoms with Crippen LogP contribution < -0.4 is 4.80 Å². The van der Waals surface area contributed by atoms with Gasteiger partial charge in [0.1, 0.15) is 0 Å². The number of rotatable bonds is 5. The predicted molar refractivity (Wildman–Crippen MR) is 91.4 cm³/mol. The fourth-order valence-corrected chi connectivity index (χ4v) is 3.17. The average molecular weight is 344 g/mol. The molecule has 2 atom stereocenters. The Kier molecular flexibility index (Phi) is 4.94. The molecular weight excluding hydrogens is 324 g/mol. The molecule has 1 heterocycles. The molecule has 0 radical (unpaired) electrons. The SMILES string of the molecule is Cc1ccc(Cn2ccsc2=NC(=O)COC(=O)[C@@H]2C[C@H]2C)cc1. The van der Waals surface area contributed by atoms with Gasteiger partial charge in [-0.05, 0) is 24.8 Å². The van der Waals surface area contributed by atoms with Crippen LogP contribution in [-0.2, 0) is 20.9 Å². The van der Waals surface area contributed by atoms with Crippen molar-refractivity contribution in [2.24, 2.45) is 16.8 Å². The van der Waals surface area contributed by atoms with E-state index in [1.807, 2.05) is 30.0 Å². The molecule has 1 aliphatic rings. The third-order valence-corrected chi connectivity index (χ3v) is 4.90. The predicted octanol–water partition coefficient (Wildman–Crippen LogP) is 2.53. The first kappa shape index (κ1) is 16.6. The van der Waals surface area contributed by atoms with Crippen molar-refractivity contribution in [3.63, 3.8) is 0 Å². The van der Waals surface area contributed by atoms with Gasteiger partial charge >= 0.3 is 5.97 Å². The molecule has 6 heteroatoms. The maximum Gasteiger partial charge on any atom is 0.309 e. The summed E-state index contributed by atoms with van der Waals surface area (Å²) >= 11 is 1.39. The minimum absolute atomic E-state index is 0.0361. The van der Waals surface area contributed by atoms with Crippen molar-refractivity contribution < 1.29 is 14.3 Å². The summed E-state index contributed by atoms with van der Waals surface area (Å²) in [6.07, 6.45) is 2.75. The molecule has 126 valence electrons. The van der Waals surface area contributed by atoms with Crippen molar-refractivity contribution in [3.05, 3.63) is 51.8 Å². The third kappa shape index (κ3) is 4.20. The van der Waals surface area contributed by atoms with E-state index in [1.54, 1.807) is 0 Å². The monoisotopic (exact) mass is 344 g/mol. The quantitative estimate of drug-likeness (QED) is 0.783. The van der Waals surface area contributed by atoms with E-state index in [1.165, 1.54) is 16.9 Å². The fourth-order valence-electron chi connectivity index (χ4n) is 2.43. The van der Waals surface area contributed by atoms with Crippen molar-refractivity contribution >= 4 is 23.2 Å². The van der Waals surface area contributed by atoms with Crippen molar-refractivity contribution in [3.8, 4) is 0 Å². The smallest absolute Gasteiger partial charge is 0.309 e. The zero-order valence-corrected chi connectivity index (χ0v) is 14.6. The van der Waals surface area contributed by atoms with E-state index < -0.39 is 5.91 Å². The molecule has 1 aliphatic carbocycles. The van der Waals surface area contributed by atoms with Crippen LogP contribution in [0.25, 0.3) is 0 Å². The van der Waals surface area contributed by atoms with Crippen LogP contribution in [0.5, 0.6) is 0 Å². The van der Waals surface area contributed by atoms with E-state index in [9.17, 15) is 9.59 Å². The summed E-state index contributed by atoms with van der Waals surface area (Å²) in [5, 5.41) is 1.89. The molecule has 5 nitrogen and oxygen atoms in total. The molecule has 1 aromatic heterocycles. The Morgan fingerprint density at radius 2 is 2.04 bits per heavy atom. The minimum atomic E-state index is -0.434. The van der Waals surface area contributed by atoms with Gasteiger partial charge < -0.3 is 9.30 Å². The summed E-state index contributed by atoms with van der Waals surface area (Å²) in [5.41, 5.74) is 2.35. The number of carbonyl (C=O) groups is 2. The van der Waals surface area contributed by atoms with E-state index in [2.05, 4.69) is 29.3 Å². The lowest BCUT2D eigenvalue weighted by atomic mass is 10.1. The van der Waals surface area contributed by atoms with Crippen LogP contribution in [0, 0.1) is 18.8 Å². The van der Waals surface area contributed by atoms with Crippen LogP contribution in [0.15, 0.2) is 40.8 Å². The minimum Gasteiger partial charge on any atom is -0.455 e. The van der Waals surface area contributed by atoms with Gasteiger partial charge in [-0.25, -0.2) is 0 Å². The average Bonchev–Trinajstić information content (AvgIpc) is 3.14. The van der Waals surface area contributed by atoms with E-state index in [0.29, 0.717) is 17.3 Å². The number of esters is 1. The maximum atomic E-state index is 11.9. The summed E-state index contributed by atoms with van der Waals surface area (Å²) in [6, 6.07) is 8.24. The summed E-state index contributed by atoms with van der Waals surface area (Å²) < 4.78 is 6.95. The third-order valence-electron chi connectivity index (χ3n) is 4.10. The number of benzene rings is 1. The molecule has 24 heavy (non-hydrogen) atoms. The first-order valence-electron chi connectivity index (χ1n) is 7.96. The highest BCUT2D eigenvalue weighted by atomic mass is 32.1. The van der Waals surface area contributed by atoms with Gasteiger partial charge in [0.2, 0.25) is 0 Å². The van der Waals surface area contributed by atoms with E-state index in [-0.39, 0.29) is 18.5 Å². The molecule has 0 aliphatic heterocycles. The normalized spacial score (nSPS) is 20.0. The Bertz CT molecular complexity index is 804. The van der Waals surface area contributed by atoms with Crippen molar-refractivity contribution in [1.29, 1.82) is 0 Å². The summed E-state index contributed by atoms with van der Waals surface area (Å²) in [7, 11) is 0. The second-order valence-corrected chi connectivity index (χ2v) is 7.10. The van der Waals surface area contributed by atoms with Crippen molar-refractivity contribution in [1.82, 2.24) is 4.57 Å². The van der Waals surface area contributed by atoms with Crippen LogP contribution in [0.2, 0.25) is 0 Å². The lowest BCUT2D eigenvalue weighted by Crippen LogP contribution is -2.20. The molecule has 0 unspecified atom stereocenters. The Morgan fingerprint density at radius 1 is 1.33 bits per heavy atom. The second-order valence-electron chi connectivity index (χ2n) is 6.23. The molecule has 1 saturated carbocycles. The molecular formula is C18H20N2O3S. The number of nitrogens with zero attached hydrogens (tertiary/aromatic N) is 2. The highest BCUT2D eigenvalue weighted by molar-refractivity contribution is 7.07. The Labute approximate surface area is 144 Å². The number of hydrogen-bond acceptors (Lipinski definition) is 4. The Balaban J connectivity index is 1.62. The molecule has 0 N–H and O–H groups in total. The maximum absolute atomic E-state index is 11.9. The molecule has 3 rings (SSSR count). The van der Waals surface area contributed by atoms with Crippen LogP contribution in [0.3, 0.4) is 0 Å². The molecule has 1 amide bonds. The second kappa shape index (κ2) is 7.13. The first-order chi connectivity index (χ1) is 11.5. The van der Waals surface area contributed by atoms with Crippen molar-refractivity contribution in [2.45, 2.75) is 26.8 Å². The van der Waals surface area contributed by atoms with Gasteiger partial charge in [0.15, 0.2) is 11.4 Å². The number of ether oxygens (including phenoxy) is 1. The number of amides is 1.